The second kappa shape index (κ2) is 9.30. The maximum absolute atomic E-state index is 7.89. The van der Waals surface area contributed by atoms with Crippen LogP contribution in [0.5, 0.6) is 0 Å². The molecule has 0 aromatic rings. The van der Waals surface area contributed by atoms with Gasteiger partial charge in [-0.15, -0.1) is 0 Å². The summed E-state index contributed by atoms with van der Waals surface area (Å²) in [6.45, 7) is 3.64. The smallest absolute Gasteiger partial charge is 0.125 e. The molecule has 1 unspecified atom stereocenters. The Morgan fingerprint density at radius 1 is 1.57 bits per heavy atom. The number of hydrogen-bond acceptors (Lipinski definition) is 3. The standard InChI is InChI=1S/C2H7NO2.C2H6/c3-2(5)1-4;1-2/h2,4-5H,1,3H2;1-2H3. The zero-order valence-electron chi connectivity index (χ0n) is 4.76. The largest absolute Gasteiger partial charge is 0.392 e. The van der Waals surface area contributed by atoms with Crippen molar-refractivity contribution < 1.29 is 10.2 Å². The van der Waals surface area contributed by atoms with Crippen molar-refractivity contribution in [3.63, 3.8) is 0 Å². The highest BCUT2D eigenvalue weighted by Crippen LogP contribution is 1.55. The second-order valence-electron chi connectivity index (χ2n) is 0.750. The first-order chi connectivity index (χ1) is 3.27. The average Bonchev–Trinajstić information content (AvgIpc) is 1.73. The lowest BCUT2D eigenvalue weighted by molar-refractivity contribution is 0.101. The van der Waals surface area contributed by atoms with Gasteiger partial charge in [0, 0.05) is 0 Å². The molecule has 0 aromatic carbocycles. The number of rotatable bonds is 1. The molecule has 0 aromatic heterocycles. The Kier molecular flexibility index (Phi) is 13.3. The van der Waals surface area contributed by atoms with E-state index in [-0.39, 0.29) is 6.61 Å². The van der Waals surface area contributed by atoms with Crippen molar-refractivity contribution in [1.82, 2.24) is 0 Å². The van der Waals surface area contributed by atoms with E-state index in [9.17, 15) is 0 Å². The fourth-order valence-electron chi connectivity index (χ4n) is 0. The van der Waals surface area contributed by atoms with E-state index in [0.717, 1.165) is 0 Å². The van der Waals surface area contributed by atoms with E-state index in [1.54, 1.807) is 0 Å². The zero-order valence-corrected chi connectivity index (χ0v) is 4.76. The molecule has 1 atom stereocenters. The van der Waals surface area contributed by atoms with Gasteiger partial charge in [-0.2, -0.15) is 0 Å². The number of aliphatic hydroxyl groups excluding tert-OH is 2. The Morgan fingerprint density at radius 3 is 1.71 bits per heavy atom. The first kappa shape index (κ1) is 9.99. The first-order valence-corrected chi connectivity index (χ1v) is 2.32. The molecule has 0 amide bonds. The molecule has 7 heavy (non-hydrogen) atoms. The van der Waals surface area contributed by atoms with Crippen molar-refractivity contribution in [2.75, 3.05) is 6.61 Å². The maximum Gasteiger partial charge on any atom is 0.125 e. The molecule has 0 saturated heterocycles. The first-order valence-electron chi connectivity index (χ1n) is 2.32. The zero-order chi connectivity index (χ0) is 6.28. The van der Waals surface area contributed by atoms with Gasteiger partial charge in [0.15, 0.2) is 0 Å². The van der Waals surface area contributed by atoms with Crippen LogP contribution >= 0.6 is 0 Å². The Labute approximate surface area is 43.8 Å². The maximum atomic E-state index is 7.89. The fourth-order valence-corrected chi connectivity index (χ4v) is 0. The molecule has 0 radical (unpaired) electrons. The van der Waals surface area contributed by atoms with E-state index >= 15 is 0 Å². The summed E-state index contributed by atoms with van der Waals surface area (Å²) in [5, 5.41) is 15.7. The van der Waals surface area contributed by atoms with Crippen LogP contribution < -0.4 is 5.73 Å². The van der Waals surface area contributed by atoms with Gasteiger partial charge in [0.05, 0.1) is 6.61 Å². The number of hydrogen-bond donors (Lipinski definition) is 3. The van der Waals surface area contributed by atoms with Crippen LogP contribution in [0.3, 0.4) is 0 Å². The van der Waals surface area contributed by atoms with E-state index in [1.807, 2.05) is 13.8 Å². The number of aliphatic hydroxyl groups is 2. The summed E-state index contributed by atoms with van der Waals surface area (Å²) in [5.41, 5.74) is 4.60. The molecule has 46 valence electrons. The van der Waals surface area contributed by atoms with Gasteiger partial charge in [-0.1, -0.05) is 13.8 Å². The van der Waals surface area contributed by atoms with E-state index in [4.69, 9.17) is 10.2 Å². The van der Waals surface area contributed by atoms with Gasteiger partial charge in [-0.25, -0.2) is 0 Å². The van der Waals surface area contributed by atoms with Crippen LogP contribution in [0.25, 0.3) is 0 Å². The molecular formula is C4H13NO2. The summed E-state index contributed by atoms with van der Waals surface area (Å²) >= 11 is 0. The van der Waals surface area contributed by atoms with Crippen molar-refractivity contribution in [3.8, 4) is 0 Å². The summed E-state index contributed by atoms with van der Waals surface area (Å²) < 4.78 is 0. The molecule has 0 aliphatic rings. The summed E-state index contributed by atoms with van der Waals surface area (Å²) in [5.74, 6) is 0. The normalized spacial score (nSPS) is 11.6. The van der Waals surface area contributed by atoms with E-state index in [0.29, 0.717) is 0 Å². The molecule has 0 spiro atoms. The van der Waals surface area contributed by atoms with Crippen LogP contribution in [-0.4, -0.2) is 23.0 Å². The summed E-state index contributed by atoms with van der Waals surface area (Å²) in [6, 6.07) is 0. The SMILES string of the molecule is CC.NC(O)CO. The highest BCUT2D eigenvalue weighted by atomic mass is 16.3. The molecule has 0 rings (SSSR count). The molecule has 4 N–H and O–H groups in total. The average molecular weight is 107 g/mol. The topological polar surface area (TPSA) is 66.5 Å². The third-order valence-corrected chi connectivity index (χ3v) is 0.187. The predicted octanol–water partition coefficient (Wildman–Crippen LogP) is -0.718. The Hall–Kier alpha value is -0.120. The molecule has 3 nitrogen and oxygen atoms in total. The van der Waals surface area contributed by atoms with Gasteiger partial charge < -0.3 is 15.9 Å². The van der Waals surface area contributed by atoms with Crippen molar-refractivity contribution in [2.45, 2.75) is 20.1 Å². The molecule has 3 heteroatoms. The Morgan fingerprint density at radius 2 is 1.71 bits per heavy atom. The van der Waals surface area contributed by atoms with Gasteiger partial charge in [0.2, 0.25) is 0 Å². The molecule has 0 aliphatic carbocycles. The van der Waals surface area contributed by atoms with Crippen LogP contribution in [0.1, 0.15) is 13.8 Å². The highest BCUT2D eigenvalue weighted by Gasteiger charge is 1.83. The van der Waals surface area contributed by atoms with Crippen LogP contribution in [0.2, 0.25) is 0 Å². The van der Waals surface area contributed by atoms with Crippen LogP contribution in [0.4, 0.5) is 0 Å². The Bertz CT molecular complexity index is 23.7. The minimum absolute atomic E-state index is 0.361. The summed E-state index contributed by atoms with van der Waals surface area (Å²) in [7, 11) is 0. The van der Waals surface area contributed by atoms with Gasteiger partial charge in [-0.05, 0) is 0 Å². The molecule has 0 fully saturated rings. The van der Waals surface area contributed by atoms with Gasteiger partial charge in [0.25, 0.3) is 0 Å². The quantitative estimate of drug-likeness (QED) is 0.387. The highest BCUT2D eigenvalue weighted by molar-refractivity contribution is 4.30. The van der Waals surface area contributed by atoms with Crippen molar-refractivity contribution in [3.05, 3.63) is 0 Å². The third-order valence-electron chi connectivity index (χ3n) is 0.187. The van der Waals surface area contributed by atoms with E-state index in [2.05, 4.69) is 5.73 Å². The predicted molar refractivity (Wildman–Crippen MR) is 28.6 cm³/mol. The minimum atomic E-state index is -1.06. The molecule has 0 heterocycles. The van der Waals surface area contributed by atoms with Crippen molar-refractivity contribution in [2.24, 2.45) is 5.73 Å². The van der Waals surface area contributed by atoms with Crippen molar-refractivity contribution >= 4 is 0 Å². The van der Waals surface area contributed by atoms with Crippen LogP contribution in [0.15, 0.2) is 0 Å². The molecule has 0 bridgehead atoms. The van der Waals surface area contributed by atoms with Crippen molar-refractivity contribution in [1.29, 1.82) is 0 Å². The van der Waals surface area contributed by atoms with E-state index in [1.165, 1.54) is 0 Å². The molecule has 0 aliphatic heterocycles. The lowest BCUT2D eigenvalue weighted by atomic mass is 10.7. The number of nitrogens with two attached hydrogens (primary N) is 1. The third kappa shape index (κ3) is 25.0. The van der Waals surface area contributed by atoms with Crippen LogP contribution in [-0.2, 0) is 0 Å². The fraction of sp³-hybridized carbons (Fsp3) is 1.00. The lowest BCUT2D eigenvalue weighted by Gasteiger charge is -1.91. The molecule has 0 saturated carbocycles. The van der Waals surface area contributed by atoms with Gasteiger partial charge >= 0.3 is 0 Å². The second-order valence-corrected chi connectivity index (χ2v) is 0.750. The summed E-state index contributed by atoms with van der Waals surface area (Å²) in [6.07, 6.45) is -1.06. The van der Waals surface area contributed by atoms with Gasteiger partial charge in [0.1, 0.15) is 6.23 Å². The lowest BCUT2D eigenvalue weighted by Crippen LogP contribution is -2.22. The Balaban J connectivity index is 0. The monoisotopic (exact) mass is 107 g/mol. The van der Waals surface area contributed by atoms with Gasteiger partial charge in [-0.3, -0.25) is 0 Å². The van der Waals surface area contributed by atoms with E-state index < -0.39 is 6.23 Å². The minimum Gasteiger partial charge on any atom is -0.392 e. The molecular weight excluding hydrogens is 94.0 g/mol. The summed E-state index contributed by atoms with van der Waals surface area (Å²) in [4.78, 5) is 0. The van der Waals surface area contributed by atoms with Crippen LogP contribution in [0, 0.1) is 0 Å².